The molecule has 0 saturated heterocycles. The molecule has 2 aromatic heterocycles. The van der Waals surface area contributed by atoms with E-state index in [0.717, 1.165) is 4.68 Å². The van der Waals surface area contributed by atoms with Crippen LogP contribution in [0.5, 0.6) is 11.5 Å². The zero-order valence-corrected chi connectivity index (χ0v) is 16.6. The molecule has 4 aromatic rings. The fourth-order valence-electron chi connectivity index (χ4n) is 3.22. The Balaban J connectivity index is 1.31. The molecule has 32 heavy (non-hydrogen) atoms. The van der Waals surface area contributed by atoms with Crippen molar-refractivity contribution in [3.8, 4) is 11.5 Å². The first kappa shape index (κ1) is 19.5. The van der Waals surface area contributed by atoms with Gasteiger partial charge < -0.3 is 20.1 Å². The second kappa shape index (κ2) is 8.02. The van der Waals surface area contributed by atoms with Gasteiger partial charge in [0.05, 0.1) is 0 Å². The number of hydrogen-bond acceptors (Lipinski definition) is 7. The van der Waals surface area contributed by atoms with E-state index in [0.29, 0.717) is 41.9 Å². The highest BCUT2D eigenvalue weighted by atomic mass is 19.1. The minimum atomic E-state index is -0.502. The molecule has 0 bridgehead atoms. The summed E-state index contributed by atoms with van der Waals surface area (Å²) in [5.41, 5.74) is 0.641. The van der Waals surface area contributed by atoms with Crippen molar-refractivity contribution in [2.24, 2.45) is 0 Å². The molecule has 0 spiro atoms. The molecule has 0 saturated carbocycles. The standard InChI is InChI=1S/C21H17FN6O4/c22-13-1-3-14(4-2-13)23-18-7-8-27-20(25-18)26-28(21(27)30)12-19(29)24-15-5-6-16-17(11-15)32-10-9-31-16/h1-8,11H,9-10,12H2,(H,24,29)(H,23,25,26). The third-order valence-corrected chi connectivity index (χ3v) is 4.69. The third kappa shape index (κ3) is 3.95. The van der Waals surface area contributed by atoms with Crippen molar-refractivity contribution < 1.29 is 18.7 Å². The predicted octanol–water partition coefficient (Wildman–Crippen LogP) is 2.18. The fourth-order valence-corrected chi connectivity index (χ4v) is 3.22. The van der Waals surface area contributed by atoms with Gasteiger partial charge in [-0.1, -0.05) is 0 Å². The highest BCUT2D eigenvalue weighted by Crippen LogP contribution is 2.32. The van der Waals surface area contributed by atoms with Crippen LogP contribution in [0.2, 0.25) is 0 Å². The summed E-state index contributed by atoms with van der Waals surface area (Å²) in [5.74, 6) is 0.915. The van der Waals surface area contributed by atoms with E-state index >= 15 is 0 Å². The van der Waals surface area contributed by atoms with Gasteiger partial charge in [0.2, 0.25) is 5.91 Å². The van der Waals surface area contributed by atoms with Crippen LogP contribution in [-0.4, -0.2) is 38.3 Å². The number of rotatable bonds is 5. The maximum Gasteiger partial charge on any atom is 0.352 e. The van der Waals surface area contributed by atoms with Crippen molar-refractivity contribution in [2.75, 3.05) is 23.8 Å². The maximum absolute atomic E-state index is 13.1. The van der Waals surface area contributed by atoms with Crippen LogP contribution < -0.4 is 25.8 Å². The summed E-state index contributed by atoms with van der Waals surface area (Å²) in [6.45, 7) is 0.619. The van der Waals surface area contributed by atoms with Gasteiger partial charge in [-0.25, -0.2) is 18.3 Å². The van der Waals surface area contributed by atoms with E-state index in [1.807, 2.05) is 0 Å². The zero-order valence-electron chi connectivity index (χ0n) is 16.6. The number of ether oxygens (including phenoxy) is 2. The average molecular weight is 436 g/mol. The van der Waals surface area contributed by atoms with Gasteiger partial charge in [0, 0.05) is 23.6 Å². The summed E-state index contributed by atoms with van der Waals surface area (Å²) in [6, 6.07) is 12.4. The summed E-state index contributed by atoms with van der Waals surface area (Å²) < 4.78 is 26.3. The SMILES string of the molecule is O=C(Cn1nc2nc(Nc3ccc(F)cc3)ccn2c1=O)Nc1ccc2c(c1)OCCO2. The number of carbonyl (C=O) groups is 1. The highest BCUT2D eigenvalue weighted by Gasteiger charge is 2.15. The minimum Gasteiger partial charge on any atom is -0.486 e. The molecule has 0 unspecified atom stereocenters. The van der Waals surface area contributed by atoms with Gasteiger partial charge in [-0.3, -0.25) is 4.79 Å². The molecule has 2 N–H and O–H groups in total. The molecule has 3 heterocycles. The molecule has 0 atom stereocenters. The molecular weight excluding hydrogens is 419 g/mol. The molecule has 162 valence electrons. The Bertz CT molecular complexity index is 1370. The maximum atomic E-state index is 13.1. The smallest absolute Gasteiger partial charge is 0.352 e. The second-order valence-corrected chi connectivity index (χ2v) is 6.96. The Morgan fingerprint density at radius 3 is 2.59 bits per heavy atom. The number of fused-ring (bicyclic) bond motifs is 2. The van der Waals surface area contributed by atoms with Crippen molar-refractivity contribution in [3.05, 3.63) is 71.0 Å². The monoisotopic (exact) mass is 436 g/mol. The molecule has 10 nitrogen and oxygen atoms in total. The Kier molecular flexibility index (Phi) is 4.90. The summed E-state index contributed by atoms with van der Waals surface area (Å²) in [7, 11) is 0. The number of nitrogens with one attached hydrogen (secondary N) is 2. The zero-order chi connectivity index (χ0) is 22.1. The topological polar surface area (TPSA) is 112 Å². The Hall–Kier alpha value is -4.41. The lowest BCUT2D eigenvalue weighted by molar-refractivity contribution is -0.117. The third-order valence-electron chi connectivity index (χ3n) is 4.69. The van der Waals surface area contributed by atoms with Crippen molar-refractivity contribution >= 4 is 28.9 Å². The normalized spacial score (nSPS) is 12.5. The number of benzene rings is 2. The van der Waals surface area contributed by atoms with Crippen molar-refractivity contribution in [2.45, 2.75) is 6.54 Å². The van der Waals surface area contributed by atoms with E-state index in [4.69, 9.17) is 9.47 Å². The lowest BCUT2D eigenvalue weighted by Crippen LogP contribution is -2.28. The van der Waals surface area contributed by atoms with E-state index < -0.39 is 11.6 Å². The van der Waals surface area contributed by atoms with Crippen LogP contribution in [0.3, 0.4) is 0 Å². The first-order chi connectivity index (χ1) is 15.5. The second-order valence-electron chi connectivity index (χ2n) is 6.96. The van der Waals surface area contributed by atoms with Crippen LogP contribution in [0.1, 0.15) is 0 Å². The summed E-state index contributed by atoms with van der Waals surface area (Å²) in [6.07, 6.45) is 1.50. The molecule has 0 aliphatic carbocycles. The van der Waals surface area contributed by atoms with E-state index in [9.17, 15) is 14.0 Å². The van der Waals surface area contributed by atoms with Crippen molar-refractivity contribution in [1.29, 1.82) is 0 Å². The highest BCUT2D eigenvalue weighted by molar-refractivity contribution is 5.90. The molecule has 1 aliphatic heterocycles. The first-order valence-electron chi connectivity index (χ1n) is 9.73. The molecule has 1 aliphatic rings. The molecule has 5 rings (SSSR count). The fraction of sp³-hybridized carbons (Fsp3) is 0.143. The van der Waals surface area contributed by atoms with Crippen LogP contribution in [0.25, 0.3) is 5.78 Å². The number of amides is 1. The van der Waals surface area contributed by atoms with E-state index in [1.54, 1.807) is 36.4 Å². The van der Waals surface area contributed by atoms with E-state index in [1.165, 1.54) is 22.7 Å². The Labute approximate surface area is 180 Å². The van der Waals surface area contributed by atoms with Gasteiger partial charge in [-0.2, -0.15) is 4.98 Å². The summed E-state index contributed by atoms with van der Waals surface area (Å²) in [5, 5.41) is 9.85. The van der Waals surface area contributed by atoms with Crippen LogP contribution in [0.15, 0.2) is 59.5 Å². The van der Waals surface area contributed by atoms with E-state index in [2.05, 4.69) is 20.7 Å². The largest absolute Gasteiger partial charge is 0.486 e. The van der Waals surface area contributed by atoms with Gasteiger partial charge >= 0.3 is 5.69 Å². The minimum absolute atomic E-state index is 0.120. The predicted molar refractivity (Wildman–Crippen MR) is 113 cm³/mol. The molecule has 2 aromatic carbocycles. The lowest BCUT2D eigenvalue weighted by Gasteiger charge is -2.18. The van der Waals surface area contributed by atoms with Gasteiger partial charge in [-0.15, -0.1) is 5.10 Å². The molecule has 0 fully saturated rings. The first-order valence-corrected chi connectivity index (χ1v) is 9.73. The van der Waals surface area contributed by atoms with Gasteiger partial charge in [0.1, 0.15) is 31.4 Å². The number of anilines is 3. The van der Waals surface area contributed by atoms with Crippen molar-refractivity contribution in [1.82, 2.24) is 19.2 Å². The molecular formula is C21H17FN6O4. The molecule has 1 amide bonds. The van der Waals surface area contributed by atoms with Crippen LogP contribution in [-0.2, 0) is 11.3 Å². The van der Waals surface area contributed by atoms with Crippen LogP contribution in [0.4, 0.5) is 21.6 Å². The Morgan fingerprint density at radius 2 is 1.78 bits per heavy atom. The van der Waals surface area contributed by atoms with Gasteiger partial charge in [0.15, 0.2) is 11.5 Å². The lowest BCUT2D eigenvalue weighted by atomic mass is 10.2. The van der Waals surface area contributed by atoms with Crippen LogP contribution >= 0.6 is 0 Å². The van der Waals surface area contributed by atoms with E-state index in [-0.39, 0.29) is 18.1 Å². The Morgan fingerprint density at radius 1 is 1.03 bits per heavy atom. The molecule has 11 heteroatoms. The average Bonchev–Trinajstić information content (AvgIpc) is 3.09. The van der Waals surface area contributed by atoms with Gasteiger partial charge in [0.25, 0.3) is 5.78 Å². The van der Waals surface area contributed by atoms with Gasteiger partial charge in [-0.05, 0) is 42.5 Å². The number of halogens is 1. The quantitative estimate of drug-likeness (QED) is 0.493. The molecule has 0 radical (unpaired) electrons. The van der Waals surface area contributed by atoms with Crippen LogP contribution in [0, 0.1) is 5.82 Å². The van der Waals surface area contributed by atoms with Crippen molar-refractivity contribution in [3.63, 3.8) is 0 Å². The number of nitrogens with zero attached hydrogens (tertiary/aromatic N) is 4. The summed E-state index contributed by atoms with van der Waals surface area (Å²) in [4.78, 5) is 29.3. The summed E-state index contributed by atoms with van der Waals surface area (Å²) >= 11 is 0. The number of carbonyl (C=O) groups excluding carboxylic acids is 1. The number of aromatic nitrogens is 4. The number of hydrogen-bond donors (Lipinski definition) is 2.